The lowest BCUT2D eigenvalue weighted by Gasteiger charge is -2.12. The summed E-state index contributed by atoms with van der Waals surface area (Å²) >= 11 is 8.63. The van der Waals surface area contributed by atoms with Crippen LogP contribution in [0.1, 0.15) is 10.4 Å². The zero-order valence-electron chi connectivity index (χ0n) is 13.3. The summed E-state index contributed by atoms with van der Waals surface area (Å²) in [4.78, 5) is 15.8. The number of aromatic nitrogens is 1. The Morgan fingerprint density at radius 3 is 2.80 bits per heavy atom. The molecule has 0 atom stereocenters. The van der Waals surface area contributed by atoms with Crippen LogP contribution in [-0.2, 0) is 4.74 Å². The summed E-state index contributed by atoms with van der Waals surface area (Å²) < 4.78 is 17.9. The third kappa shape index (κ3) is 4.09. The lowest BCUT2D eigenvalue weighted by atomic mass is 10.2. The first-order chi connectivity index (χ1) is 12.1. The fourth-order valence-electron chi connectivity index (χ4n) is 2.12. The average Bonchev–Trinajstić information content (AvgIpc) is 3.00. The smallest absolute Gasteiger partial charge is 0.337 e. The van der Waals surface area contributed by atoms with E-state index in [1.807, 2.05) is 18.2 Å². The fraction of sp³-hybridized carbons (Fsp3) is 0.125. The SMILES string of the molecule is COC(=O)c1ccc(NSNc2ccc3nc(Cl)sc3c2)c(OC)c1. The predicted molar refractivity (Wildman–Crippen MR) is 104 cm³/mol. The normalized spacial score (nSPS) is 10.5. The quantitative estimate of drug-likeness (QED) is 0.457. The molecule has 6 nitrogen and oxygen atoms in total. The van der Waals surface area contributed by atoms with Crippen molar-refractivity contribution in [1.82, 2.24) is 4.98 Å². The molecular formula is C16H14ClN3O3S2. The van der Waals surface area contributed by atoms with Crippen LogP contribution in [0.4, 0.5) is 11.4 Å². The van der Waals surface area contributed by atoms with E-state index < -0.39 is 5.97 Å². The Morgan fingerprint density at radius 2 is 2.04 bits per heavy atom. The minimum absolute atomic E-state index is 0.410. The Balaban J connectivity index is 1.67. The van der Waals surface area contributed by atoms with Gasteiger partial charge in [0.25, 0.3) is 0 Å². The molecule has 3 rings (SSSR count). The van der Waals surface area contributed by atoms with Crippen molar-refractivity contribution in [3.63, 3.8) is 0 Å². The molecule has 0 saturated carbocycles. The van der Waals surface area contributed by atoms with E-state index in [0.717, 1.165) is 21.6 Å². The number of methoxy groups -OCH3 is 2. The molecule has 0 aliphatic heterocycles. The van der Waals surface area contributed by atoms with Gasteiger partial charge in [-0.25, -0.2) is 9.78 Å². The summed E-state index contributed by atoms with van der Waals surface area (Å²) in [5.74, 6) is 0.133. The molecule has 9 heteroatoms. The number of halogens is 1. The third-order valence-electron chi connectivity index (χ3n) is 3.31. The molecule has 0 bridgehead atoms. The molecule has 0 fully saturated rings. The largest absolute Gasteiger partial charge is 0.495 e. The average molecular weight is 396 g/mol. The number of thiazole rings is 1. The number of anilines is 2. The van der Waals surface area contributed by atoms with Crippen molar-refractivity contribution in [2.24, 2.45) is 0 Å². The van der Waals surface area contributed by atoms with Gasteiger partial charge in [-0.05, 0) is 36.4 Å². The van der Waals surface area contributed by atoms with Crippen LogP contribution in [0, 0.1) is 0 Å². The standard InChI is InChI=1S/C16H14ClN3O3S2/c1-22-13-7-9(15(21)23-2)3-5-11(13)20-25-19-10-4-6-12-14(8-10)24-16(17)18-12/h3-8,19-20H,1-2H3. The molecule has 0 aliphatic carbocycles. The molecule has 0 saturated heterocycles. The van der Waals surface area contributed by atoms with Crippen LogP contribution in [0.15, 0.2) is 36.4 Å². The monoisotopic (exact) mass is 395 g/mol. The number of esters is 1. The summed E-state index contributed by atoms with van der Waals surface area (Å²) in [5, 5.41) is 0. The number of hydrogen-bond donors (Lipinski definition) is 2. The number of ether oxygens (including phenoxy) is 2. The number of hydrogen-bond acceptors (Lipinski definition) is 8. The Hall–Kier alpha value is -2.16. The number of carbonyl (C=O) groups excluding carboxylic acids is 1. The van der Waals surface area contributed by atoms with E-state index in [2.05, 4.69) is 14.4 Å². The Labute approximate surface area is 157 Å². The summed E-state index contributed by atoms with van der Waals surface area (Å²) in [6, 6.07) is 10.9. The number of carbonyl (C=O) groups is 1. The zero-order chi connectivity index (χ0) is 17.8. The fourth-order valence-corrected chi connectivity index (χ4v) is 3.76. The van der Waals surface area contributed by atoms with Crippen molar-refractivity contribution in [3.05, 3.63) is 46.4 Å². The van der Waals surface area contributed by atoms with E-state index in [9.17, 15) is 4.79 Å². The highest BCUT2D eigenvalue weighted by molar-refractivity contribution is 8.01. The van der Waals surface area contributed by atoms with Gasteiger partial charge in [-0.2, -0.15) is 0 Å². The first-order valence-electron chi connectivity index (χ1n) is 7.11. The molecule has 0 aliphatic rings. The van der Waals surface area contributed by atoms with Crippen LogP contribution in [-0.4, -0.2) is 25.2 Å². The maximum absolute atomic E-state index is 11.6. The van der Waals surface area contributed by atoms with Crippen molar-refractivity contribution in [2.75, 3.05) is 23.7 Å². The minimum atomic E-state index is -0.410. The van der Waals surface area contributed by atoms with E-state index >= 15 is 0 Å². The van der Waals surface area contributed by atoms with Gasteiger partial charge >= 0.3 is 5.97 Å². The van der Waals surface area contributed by atoms with Crippen LogP contribution < -0.4 is 14.2 Å². The van der Waals surface area contributed by atoms with Gasteiger partial charge in [-0.3, -0.25) is 0 Å². The van der Waals surface area contributed by atoms with Gasteiger partial charge in [0.05, 0.1) is 47.8 Å². The molecule has 2 aromatic carbocycles. The molecule has 2 N–H and O–H groups in total. The highest BCUT2D eigenvalue weighted by atomic mass is 35.5. The summed E-state index contributed by atoms with van der Waals surface area (Å²) in [7, 11) is 2.88. The lowest BCUT2D eigenvalue weighted by Crippen LogP contribution is -2.03. The molecule has 1 aromatic heterocycles. The number of fused-ring (bicyclic) bond motifs is 1. The van der Waals surface area contributed by atoms with Crippen molar-refractivity contribution < 1.29 is 14.3 Å². The van der Waals surface area contributed by atoms with Gasteiger partial charge in [-0.1, -0.05) is 11.6 Å². The highest BCUT2D eigenvalue weighted by Crippen LogP contribution is 2.31. The van der Waals surface area contributed by atoms with Gasteiger partial charge < -0.3 is 18.9 Å². The van der Waals surface area contributed by atoms with Gasteiger partial charge in [0.15, 0.2) is 4.47 Å². The molecule has 0 radical (unpaired) electrons. The third-order valence-corrected chi connectivity index (χ3v) is 5.10. The molecule has 130 valence electrons. The molecule has 0 amide bonds. The minimum Gasteiger partial charge on any atom is -0.495 e. The van der Waals surface area contributed by atoms with Crippen LogP contribution in [0.5, 0.6) is 5.75 Å². The second-order valence-electron chi connectivity index (χ2n) is 4.86. The van der Waals surface area contributed by atoms with Gasteiger partial charge in [0.1, 0.15) is 5.75 Å². The number of benzene rings is 2. The molecular weight excluding hydrogens is 382 g/mol. The first-order valence-corrected chi connectivity index (χ1v) is 9.12. The summed E-state index contributed by atoms with van der Waals surface area (Å²) in [6.07, 6.45) is 0. The van der Waals surface area contributed by atoms with Crippen molar-refractivity contribution in [1.29, 1.82) is 0 Å². The van der Waals surface area contributed by atoms with Gasteiger partial charge in [-0.15, -0.1) is 11.3 Å². The highest BCUT2D eigenvalue weighted by Gasteiger charge is 2.10. The Bertz CT molecular complexity index is 917. The van der Waals surface area contributed by atoms with Crippen LogP contribution >= 0.6 is 35.1 Å². The van der Waals surface area contributed by atoms with Gasteiger partial charge in [0, 0.05) is 5.69 Å². The van der Waals surface area contributed by atoms with Crippen molar-refractivity contribution in [3.8, 4) is 5.75 Å². The predicted octanol–water partition coefficient (Wildman–Crippen LogP) is 4.83. The molecule has 25 heavy (non-hydrogen) atoms. The summed E-state index contributed by atoms with van der Waals surface area (Å²) in [6.45, 7) is 0. The molecule has 1 heterocycles. The van der Waals surface area contributed by atoms with E-state index in [1.54, 1.807) is 25.3 Å². The second kappa shape index (κ2) is 7.81. The first kappa shape index (κ1) is 17.7. The topological polar surface area (TPSA) is 72.5 Å². The second-order valence-corrected chi connectivity index (χ2v) is 7.09. The Morgan fingerprint density at radius 1 is 1.20 bits per heavy atom. The van der Waals surface area contributed by atoms with Gasteiger partial charge in [0.2, 0.25) is 0 Å². The lowest BCUT2D eigenvalue weighted by molar-refractivity contribution is 0.0600. The van der Waals surface area contributed by atoms with E-state index in [-0.39, 0.29) is 0 Å². The van der Waals surface area contributed by atoms with Crippen molar-refractivity contribution in [2.45, 2.75) is 0 Å². The molecule has 0 spiro atoms. The maximum Gasteiger partial charge on any atom is 0.337 e. The molecule has 0 unspecified atom stereocenters. The van der Waals surface area contributed by atoms with Crippen LogP contribution in [0.2, 0.25) is 4.47 Å². The zero-order valence-corrected chi connectivity index (χ0v) is 15.7. The van der Waals surface area contributed by atoms with E-state index in [1.165, 1.54) is 30.6 Å². The maximum atomic E-state index is 11.6. The van der Waals surface area contributed by atoms with Crippen LogP contribution in [0.25, 0.3) is 10.2 Å². The van der Waals surface area contributed by atoms with E-state index in [4.69, 9.17) is 21.1 Å². The number of nitrogens with one attached hydrogen (secondary N) is 2. The molecule has 3 aromatic rings. The number of nitrogens with zero attached hydrogens (tertiary/aromatic N) is 1. The summed E-state index contributed by atoms with van der Waals surface area (Å²) in [5.41, 5.74) is 2.94. The number of rotatable bonds is 6. The van der Waals surface area contributed by atoms with Crippen molar-refractivity contribution >= 4 is 62.6 Å². The van der Waals surface area contributed by atoms with Crippen LogP contribution in [0.3, 0.4) is 0 Å². The van der Waals surface area contributed by atoms with E-state index in [0.29, 0.717) is 15.8 Å². The Kier molecular flexibility index (Phi) is 5.52.